The number of hydrogen-bond donors (Lipinski definition) is 2. The number of anilines is 1. The minimum atomic E-state index is -3.75. The predicted octanol–water partition coefficient (Wildman–Crippen LogP) is 3.65. The van der Waals surface area contributed by atoms with E-state index in [0.29, 0.717) is 29.6 Å². The molecule has 8 nitrogen and oxygen atoms in total. The molecule has 0 amide bonds. The van der Waals surface area contributed by atoms with Crippen LogP contribution < -0.4 is 14.8 Å². The van der Waals surface area contributed by atoms with Crippen LogP contribution in [0.25, 0.3) is 11.3 Å². The number of benzene rings is 1. The van der Waals surface area contributed by atoms with Crippen molar-refractivity contribution in [1.29, 1.82) is 0 Å². The number of aryl methyl sites for hydroxylation is 1. The minimum Gasteiger partial charge on any atom is -0.476 e. The Hall–Kier alpha value is -2.62. The second-order valence-corrected chi connectivity index (χ2v) is 8.07. The van der Waals surface area contributed by atoms with E-state index in [2.05, 4.69) is 26.9 Å². The summed E-state index contributed by atoms with van der Waals surface area (Å²) in [6, 6.07) is 9.71. The zero-order chi connectivity index (χ0) is 20.7. The topological polar surface area (TPSA) is 106 Å². The van der Waals surface area contributed by atoms with Crippen LogP contribution in [0.15, 0.2) is 58.4 Å². The van der Waals surface area contributed by atoms with Gasteiger partial charge in [0.1, 0.15) is 18.6 Å². The lowest BCUT2D eigenvalue weighted by Crippen LogP contribution is -2.21. The Bertz CT molecular complexity index is 1030. The Morgan fingerprint density at radius 3 is 2.50 bits per heavy atom. The van der Waals surface area contributed by atoms with E-state index in [-0.39, 0.29) is 17.3 Å². The highest BCUT2D eigenvalue weighted by molar-refractivity contribution is 7.92. The maximum absolute atomic E-state index is 12.7. The third kappa shape index (κ3) is 6.19. The number of hydrogen-bond acceptors (Lipinski definition) is 7. The summed E-state index contributed by atoms with van der Waals surface area (Å²) < 4.78 is 38.5. The fourth-order valence-electron chi connectivity index (χ4n) is 2.62. The molecule has 0 aliphatic heterocycles. The molecular weight excluding hydrogens is 428 g/mol. The van der Waals surface area contributed by atoms with E-state index >= 15 is 0 Å². The Morgan fingerprint density at radius 1 is 1.10 bits per heavy atom. The minimum absolute atomic E-state index is 0. The molecule has 0 bridgehead atoms. The molecule has 0 atom stereocenters. The molecule has 0 radical (unpaired) electrons. The Morgan fingerprint density at radius 2 is 1.87 bits per heavy atom. The van der Waals surface area contributed by atoms with Gasteiger partial charge in [0.15, 0.2) is 6.39 Å². The molecule has 0 saturated carbocycles. The van der Waals surface area contributed by atoms with Gasteiger partial charge in [-0.25, -0.2) is 18.4 Å². The Balaban J connectivity index is 0.00000320. The van der Waals surface area contributed by atoms with E-state index in [1.54, 1.807) is 31.2 Å². The van der Waals surface area contributed by atoms with Gasteiger partial charge in [0.05, 0.1) is 16.3 Å². The number of aromatic nitrogens is 2. The van der Waals surface area contributed by atoms with E-state index in [0.717, 1.165) is 25.1 Å². The average molecular weight is 453 g/mol. The normalized spacial score (nSPS) is 11.0. The summed E-state index contributed by atoms with van der Waals surface area (Å²) in [6.07, 6.45) is 3.89. The number of rotatable bonds is 10. The number of sulfonamides is 1. The van der Waals surface area contributed by atoms with Gasteiger partial charge in [0.2, 0.25) is 5.88 Å². The van der Waals surface area contributed by atoms with Gasteiger partial charge in [-0.2, -0.15) is 0 Å². The third-order valence-electron chi connectivity index (χ3n) is 4.15. The predicted molar refractivity (Wildman–Crippen MR) is 118 cm³/mol. The van der Waals surface area contributed by atoms with Gasteiger partial charge < -0.3 is 14.5 Å². The maximum Gasteiger partial charge on any atom is 0.261 e. The lowest BCUT2D eigenvalue weighted by Gasteiger charge is -2.12. The lowest BCUT2D eigenvalue weighted by molar-refractivity contribution is 0.302. The molecule has 0 saturated heterocycles. The van der Waals surface area contributed by atoms with Crippen LogP contribution in [0.5, 0.6) is 5.88 Å². The zero-order valence-electron chi connectivity index (χ0n) is 16.8. The van der Waals surface area contributed by atoms with E-state index in [1.807, 2.05) is 0 Å². The highest BCUT2D eigenvalue weighted by atomic mass is 35.5. The monoisotopic (exact) mass is 452 g/mol. The van der Waals surface area contributed by atoms with E-state index in [9.17, 15) is 8.42 Å². The molecule has 0 aliphatic carbocycles. The highest BCUT2D eigenvalue weighted by Gasteiger charge is 2.16. The first-order valence-corrected chi connectivity index (χ1v) is 10.8. The van der Waals surface area contributed by atoms with Crippen molar-refractivity contribution < 1.29 is 17.6 Å². The second-order valence-electron chi connectivity index (χ2n) is 6.38. The van der Waals surface area contributed by atoms with Crippen LogP contribution in [0.1, 0.15) is 19.0 Å². The number of nitrogens with zero attached hydrogens (tertiary/aromatic N) is 2. The van der Waals surface area contributed by atoms with Crippen LogP contribution in [-0.4, -0.2) is 38.1 Å². The number of ether oxygens (including phenoxy) is 1. The smallest absolute Gasteiger partial charge is 0.261 e. The largest absolute Gasteiger partial charge is 0.476 e. The Kier molecular flexibility index (Phi) is 8.64. The molecule has 2 N–H and O–H groups in total. The van der Waals surface area contributed by atoms with Crippen molar-refractivity contribution in [2.75, 3.05) is 24.4 Å². The van der Waals surface area contributed by atoms with Crippen molar-refractivity contribution in [3.05, 3.63) is 54.7 Å². The molecule has 3 aromatic rings. The highest BCUT2D eigenvalue weighted by Crippen LogP contribution is 2.23. The zero-order valence-corrected chi connectivity index (χ0v) is 18.4. The van der Waals surface area contributed by atoms with Crippen molar-refractivity contribution in [1.82, 2.24) is 15.3 Å². The van der Waals surface area contributed by atoms with Crippen molar-refractivity contribution in [3.8, 4) is 17.1 Å². The van der Waals surface area contributed by atoms with E-state index in [1.165, 1.54) is 24.8 Å². The summed E-state index contributed by atoms with van der Waals surface area (Å²) in [5.41, 5.74) is 2.35. The maximum atomic E-state index is 12.7. The number of halogens is 1. The molecule has 3 rings (SSSR count). The molecule has 162 valence electrons. The molecular formula is C20H25ClN4O4S. The average Bonchev–Trinajstić information content (AvgIpc) is 3.25. The number of oxazole rings is 1. The van der Waals surface area contributed by atoms with Gasteiger partial charge in [0, 0.05) is 18.2 Å². The molecule has 0 unspecified atom stereocenters. The molecule has 0 fully saturated rings. The van der Waals surface area contributed by atoms with Crippen LogP contribution in [0.3, 0.4) is 0 Å². The van der Waals surface area contributed by atoms with Gasteiger partial charge in [-0.1, -0.05) is 19.1 Å². The van der Waals surface area contributed by atoms with Gasteiger partial charge in [-0.05, 0) is 38.1 Å². The van der Waals surface area contributed by atoms with E-state index < -0.39 is 10.0 Å². The van der Waals surface area contributed by atoms with Gasteiger partial charge >= 0.3 is 0 Å². The van der Waals surface area contributed by atoms with Gasteiger partial charge in [-0.3, -0.25) is 4.72 Å². The van der Waals surface area contributed by atoms with Crippen molar-refractivity contribution in [2.24, 2.45) is 0 Å². The van der Waals surface area contributed by atoms with Crippen molar-refractivity contribution in [3.63, 3.8) is 0 Å². The fourth-order valence-corrected chi connectivity index (χ4v) is 3.74. The number of pyridine rings is 1. The van der Waals surface area contributed by atoms with Crippen LogP contribution >= 0.6 is 12.4 Å². The Labute approximate surface area is 182 Å². The quantitative estimate of drug-likeness (QED) is 0.452. The van der Waals surface area contributed by atoms with Gasteiger partial charge in [0.25, 0.3) is 10.0 Å². The summed E-state index contributed by atoms with van der Waals surface area (Å²) in [6.45, 7) is 6.00. The summed E-state index contributed by atoms with van der Waals surface area (Å²) in [4.78, 5) is 8.51. The molecule has 0 spiro atoms. The van der Waals surface area contributed by atoms with Crippen LogP contribution in [0, 0.1) is 6.92 Å². The molecule has 30 heavy (non-hydrogen) atoms. The second kappa shape index (κ2) is 11.0. The fraction of sp³-hybridized carbons (Fsp3) is 0.300. The SMILES string of the molecule is CCCNCCOc1ccc(NS(=O)(=O)c2ccc(-c3cocn3)cc2)c(C)n1.Cl. The summed E-state index contributed by atoms with van der Waals surface area (Å²) >= 11 is 0. The lowest BCUT2D eigenvalue weighted by atomic mass is 10.2. The number of nitrogens with one attached hydrogen (secondary N) is 2. The first-order chi connectivity index (χ1) is 14.0. The van der Waals surface area contributed by atoms with Crippen LogP contribution in [0.2, 0.25) is 0 Å². The van der Waals surface area contributed by atoms with Gasteiger partial charge in [-0.15, -0.1) is 12.4 Å². The standard InChI is InChI=1S/C20H24N4O4S.ClH/c1-3-10-21-11-12-28-20-9-8-18(15(2)23-20)24-29(25,26)17-6-4-16(5-7-17)19-13-27-14-22-19;/h4-9,13-14,21,24H,3,10-12H2,1-2H3;1H. The van der Waals surface area contributed by atoms with E-state index in [4.69, 9.17) is 9.15 Å². The molecule has 10 heteroatoms. The van der Waals surface area contributed by atoms with Crippen molar-refractivity contribution >= 4 is 28.1 Å². The van der Waals surface area contributed by atoms with Crippen LogP contribution in [-0.2, 0) is 10.0 Å². The van der Waals surface area contributed by atoms with Crippen molar-refractivity contribution in [2.45, 2.75) is 25.2 Å². The summed E-state index contributed by atoms with van der Waals surface area (Å²) in [7, 11) is -3.75. The summed E-state index contributed by atoms with van der Waals surface area (Å²) in [5.74, 6) is 0.459. The third-order valence-corrected chi connectivity index (χ3v) is 5.53. The molecule has 2 heterocycles. The molecule has 0 aliphatic rings. The molecule has 2 aromatic heterocycles. The van der Waals surface area contributed by atoms with Crippen LogP contribution in [0.4, 0.5) is 5.69 Å². The first-order valence-electron chi connectivity index (χ1n) is 9.32. The summed E-state index contributed by atoms with van der Waals surface area (Å²) in [5, 5.41) is 3.24. The molecule has 1 aromatic carbocycles. The first kappa shape index (κ1) is 23.7.